The minimum atomic E-state index is -0.148. The van der Waals surface area contributed by atoms with Crippen LogP contribution < -0.4 is 5.32 Å². The highest BCUT2D eigenvalue weighted by Gasteiger charge is 2.24. The summed E-state index contributed by atoms with van der Waals surface area (Å²) in [5.74, 6) is -0.296. The van der Waals surface area contributed by atoms with E-state index in [2.05, 4.69) is 5.32 Å². The van der Waals surface area contributed by atoms with Crippen molar-refractivity contribution in [3.63, 3.8) is 0 Å². The van der Waals surface area contributed by atoms with Crippen LogP contribution in [0.4, 0.5) is 0 Å². The number of amides is 2. The van der Waals surface area contributed by atoms with Crippen molar-refractivity contribution in [1.82, 2.24) is 10.2 Å². The molecule has 0 aromatic carbocycles. The lowest BCUT2D eigenvalue weighted by atomic mass is 10.2. The summed E-state index contributed by atoms with van der Waals surface area (Å²) >= 11 is 0. The zero-order chi connectivity index (χ0) is 10.4. The predicted molar refractivity (Wildman–Crippen MR) is 50.5 cm³/mol. The molecule has 2 N–H and O–H groups in total. The average Bonchev–Trinajstić information content (AvgIpc) is 2.16. The van der Waals surface area contributed by atoms with Crippen LogP contribution in [0.15, 0.2) is 0 Å². The molecule has 5 heteroatoms. The van der Waals surface area contributed by atoms with Gasteiger partial charge in [0.1, 0.15) is 0 Å². The van der Waals surface area contributed by atoms with Gasteiger partial charge in [-0.05, 0) is 19.3 Å². The van der Waals surface area contributed by atoms with Crippen LogP contribution >= 0.6 is 0 Å². The maximum atomic E-state index is 11.3. The molecule has 0 atom stereocenters. The number of piperazine rings is 1. The molecule has 1 saturated heterocycles. The molecule has 1 aliphatic rings. The highest BCUT2D eigenvalue weighted by molar-refractivity contribution is 5.99. The monoisotopic (exact) mass is 200 g/mol. The van der Waals surface area contributed by atoms with E-state index >= 15 is 0 Å². The lowest BCUT2D eigenvalue weighted by Gasteiger charge is -2.25. The van der Waals surface area contributed by atoms with Crippen molar-refractivity contribution in [3.8, 4) is 0 Å². The van der Waals surface area contributed by atoms with E-state index in [0.717, 1.165) is 19.3 Å². The third-order valence-corrected chi connectivity index (χ3v) is 2.19. The first-order valence-corrected chi connectivity index (χ1v) is 4.90. The molecule has 0 unspecified atom stereocenters. The molecule has 1 rings (SSSR count). The van der Waals surface area contributed by atoms with Gasteiger partial charge in [-0.25, -0.2) is 0 Å². The Bertz CT molecular complexity index is 202. The molecule has 0 aromatic heterocycles. The van der Waals surface area contributed by atoms with E-state index in [-0.39, 0.29) is 31.5 Å². The average molecular weight is 200 g/mol. The van der Waals surface area contributed by atoms with Crippen LogP contribution in [0.2, 0.25) is 0 Å². The number of carbonyl (C=O) groups excluding carboxylic acids is 2. The number of aliphatic hydroxyl groups excluding tert-OH is 1. The third kappa shape index (κ3) is 3.08. The number of imide groups is 1. The highest BCUT2D eigenvalue weighted by atomic mass is 16.3. The molecule has 14 heavy (non-hydrogen) atoms. The van der Waals surface area contributed by atoms with E-state index in [1.165, 1.54) is 4.90 Å². The molecule has 0 radical (unpaired) electrons. The van der Waals surface area contributed by atoms with Crippen LogP contribution in [0, 0.1) is 0 Å². The first-order valence-electron chi connectivity index (χ1n) is 4.90. The second-order valence-corrected chi connectivity index (χ2v) is 3.33. The Kier molecular flexibility index (Phi) is 4.55. The van der Waals surface area contributed by atoms with Crippen molar-refractivity contribution in [3.05, 3.63) is 0 Å². The van der Waals surface area contributed by atoms with Crippen molar-refractivity contribution in [2.75, 3.05) is 26.2 Å². The topological polar surface area (TPSA) is 69.6 Å². The molecule has 5 nitrogen and oxygen atoms in total. The lowest BCUT2D eigenvalue weighted by molar-refractivity contribution is -0.146. The van der Waals surface area contributed by atoms with Crippen LogP contribution in [0.25, 0.3) is 0 Å². The largest absolute Gasteiger partial charge is 0.396 e. The molecule has 0 bridgehead atoms. The molecule has 80 valence electrons. The molecule has 1 fully saturated rings. The van der Waals surface area contributed by atoms with Gasteiger partial charge in [0, 0.05) is 13.2 Å². The molecule has 0 spiro atoms. The van der Waals surface area contributed by atoms with Gasteiger partial charge in [0.25, 0.3) is 0 Å². The Hall–Kier alpha value is -0.940. The molecule has 0 saturated carbocycles. The number of nitrogens with one attached hydrogen (secondary N) is 1. The van der Waals surface area contributed by atoms with Gasteiger partial charge in [-0.2, -0.15) is 0 Å². The minimum absolute atomic E-state index is 0.148. The summed E-state index contributed by atoms with van der Waals surface area (Å²) in [6.45, 7) is 1.17. The SMILES string of the molecule is O=C1CNCC(=O)N1CCCCCO. The fourth-order valence-electron chi connectivity index (χ4n) is 1.41. The highest BCUT2D eigenvalue weighted by Crippen LogP contribution is 2.01. The van der Waals surface area contributed by atoms with Crippen molar-refractivity contribution < 1.29 is 14.7 Å². The molecule has 2 amide bonds. The van der Waals surface area contributed by atoms with Crippen LogP contribution in [-0.4, -0.2) is 48.1 Å². The van der Waals surface area contributed by atoms with E-state index < -0.39 is 0 Å². The zero-order valence-electron chi connectivity index (χ0n) is 8.16. The molecule has 0 aliphatic carbocycles. The first kappa shape index (κ1) is 11.1. The van der Waals surface area contributed by atoms with Gasteiger partial charge in [-0.3, -0.25) is 19.8 Å². The Morgan fingerprint density at radius 3 is 2.36 bits per heavy atom. The second kappa shape index (κ2) is 5.72. The van der Waals surface area contributed by atoms with E-state index in [4.69, 9.17) is 5.11 Å². The quantitative estimate of drug-likeness (QED) is 0.446. The zero-order valence-corrected chi connectivity index (χ0v) is 8.16. The normalized spacial score (nSPS) is 17.6. The molecule has 1 heterocycles. The van der Waals surface area contributed by atoms with Crippen molar-refractivity contribution >= 4 is 11.8 Å². The third-order valence-electron chi connectivity index (χ3n) is 2.19. The summed E-state index contributed by atoms with van der Waals surface area (Å²) in [7, 11) is 0. The van der Waals surface area contributed by atoms with Crippen molar-refractivity contribution in [2.24, 2.45) is 0 Å². The maximum absolute atomic E-state index is 11.3. The Morgan fingerprint density at radius 1 is 1.14 bits per heavy atom. The molecule has 0 aromatic rings. The molecule has 1 aliphatic heterocycles. The summed E-state index contributed by atoms with van der Waals surface area (Å²) in [6, 6.07) is 0. The summed E-state index contributed by atoms with van der Waals surface area (Å²) in [4.78, 5) is 23.8. The van der Waals surface area contributed by atoms with E-state index in [1.807, 2.05) is 0 Å². The van der Waals surface area contributed by atoms with E-state index in [0.29, 0.717) is 6.54 Å². The Morgan fingerprint density at radius 2 is 1.79 bits per heavy atom. The van der Waals surface area contributed by atoms with Gasteiger partial charge >= 0.3 is 0 Å². The number of aliphatic hydroxyl groups is 1. The van der Waals surface area contributed by atoms with E-state index in [9.17, 15) is 9.59 Å². The number of hydrogen-bond acceptors (Lipinski definition) is 4. The number of unbranched alkanes of at least 4 members (excludes halogenated alkanes) is 2. The maximum Gasteiger partial charge on any atom is 0.243 e. The summed E-state index contributed by atoms with van der Waals surface area (Å²) in [5, 5.41) is 11.3. The van der Waals surface area contributed by atoms with Crippen LogP contribution in [-0.2, 0) is 9.59 Å². The van der Waals surface area contributed by atoms with Crippen LogP contribution in [0.3, 0.4) is 0 Å². The second-order valence-electron chi connectivity index (χ2n) is 3.33. The first-order chi connectivity index (χ1) is 6.75. The van der Waals surface area contributed by atoms with Crippen LogP contribution in [0.1, 0.15) is 19.3 Å². The molecular formula is C9H16N2O3. The number of hydrogen-bond donors (Lipinski definition) is 2. The summed E-state index contributed by atoms with van der Waals surface area (Å²) < 4.78 is 0. The minimum Gasteiger partial charge on any atom is -0.396 e. The predicted octanol–water partition coefficient (Wildman–Crippen LogP) is -0.893. The summed E-state index contributed by atoms with van der Waals surface area (Å²) in [5.41, 5.74) is 0. The van der Waals surface area contributed by atoms with Gasteiger partial charge in [0.2, 0.25) is 11.8 Å². The van der Waals surface area contributed by atoms with Gasteiger partial charge in [-0.15, -0.1) is 0 Å². The van der Waals surface area contributed by atoms with Gasteiger partial charge in [0.05, 0.1) is 13.1 Å². The number of rotatable bonds is 5. The van der Waals surface area contributed by atoms with Crippen molar-refractivity contribution in [1.29, 1.82) is 0 Å². The van der Waals surface area contributed by atoms with Gasteiger partial charge in [-0.1, -0.05) is 0 Å². The van der Waals surface area contributed by atoms with Crippen LogP contribution in [0.5, 0.6) is 0 Å². The van der Waals surface area contributed by atoms with Crippen molar-refractivity contribution in [2.45, 2.75) is 19.3 Å². The smallest absolute Gasteiger partial charge is 0.243 e. The van der Waals surface area contributed by atoms with E-state index in [1.54, 1.807) is 0 Å². The van der Waals surface area contributed by atoms with Gasteiger partial charge < -0.3 is 5.11 Å². The molecular weight excluding hydrogens is 184 g/mol. The van der Waals surface area contributed by atoms with Gasteiger partial charge in [0.15, 0.2) is 0 Å². The number of nitrogens with zero attached hydrogens (tertiary/aromatic N) is 1. The standard InChI is InChI=1S/C9H16N2O3/c12-5-3-1-2-4-11-8(13)6-10-7-9(11)14/h10,12H,1-7H2. The lowest BCUT2D eigenvalue weighted by Crippen LogP contribution is -2.52. The Labute approximate surface area is 83.1 Å². The number of carbonyl (C=O) groups is 2. The summed E-state index contributed by atoms with van der Waals surface area (Å²) in [6.07, 6.45) is 2.35. The Balaban J connectivity index is 2.26. The fourth-order valence-corrected chi connectivity index (χ4v) is 1.41. The fraction of sp³-hybridized carbons (Fsp3) is 0.778.